The lowest BCUT2D eigenvalue weighted by Crippen LogP contribution is -2.00. The van der Waals surface area contributed by atoms with Crippen molar-refractivity contribution in [2.75, 3.05) is 14.2 Å². The molecule has 3 aromatic rings. The minimum Gasteiger partial charge on any atom is -0.436 e. The van der Waals surface area contributed by atoms with E-state index in [1.807, 2.05) is 0 Å². The van der Waals surface area contributed by atoms with Gasteiger partial charge in [-0.1, -0.05) is 12.1 Å². The van der Waals surface area contributed by atoms with Crippen molar-refractivity contribution in [3.05, 3.63) is 46.5 Å². The van der Waals surface area contributed by atoms with Gasteiger partial charge in [0.1, 0.15) is 11.1 Å². The molecule has 0 amide bonds. The third-order valence-corrected chi connectivity index (χ3v) is 3.13. The lowest BCUT2D eigenvalue weighted by molar-refractivity contribution is -0.384. The van der Waals surface area contributed by atoms with E-state index in [1.54, 1.807) is 24.3 Å². The van der Waals surface area contributed by atoms with Gasteiger partial charge in [0, 0.05) is 6.07 Å². The quantitative estimate of drug-likeness (QED) is 0.384. The summed E-state index contributed by atoms with van der Waals surface area (Å²) in [7, 11) is 2.55. The highest BCUT2D eigenvalue weighted by Gasteiger charge is 2.25. The van der Waals surface area contributed by atoms with E-state index in [-0.39, 0.29) is 28.6 Å². The molecule has 1 aromatic heterocycles. The first-order valence-electron chi connectivity index (χ1n) is 6.73. The second-order valence-electron chi connectivity index (χ2n) is 4.56. The first-order chi connectivity index (χ1) is 11.6. The average molecular weight is 332 g/mol. The zero-order chi connectivity index (χ0) is 17.1. The van der Waals surface area contributed by atoms with Gasteiger partial charge in [-0.3, -0.25) is 10.1 Å². The summed E-state index contributed by atoms with van der Waals surface area (Å²) in [5, 5.41) is 11.4. The van der Waals surface area contributed by atoms with E-state index >= 15 is 0 Å². The molecule has 3 rings (SSSR count). The number of aromatic nitrogens is 1. The molecule has 0 spiro atoms. The summed E-state index contributed by atoms with van der Waals surface area (Å²) in [6.45, 7) is 0. The molecule has 1 heterocycles. The fourth-order valence-electron chi connectivity index (χ4n) is 2.17. The Hall–Kier alpha value is -3.17. The van der Waals surface area contributed by atoms with Crippen molar-refractivity contribution in [3.63, 3.8) is 0 Å². The fourth-order valence-corrected chi connectivity index (χ4v) is 2.17. The Bertz CT molecular complexity index is 858. The number of nitro groups is 1. The Labute approximate surface area is 135 Å². The van der Waals surface area contributed by atoms with Crippen LogP contribution >= 0.6 is 0 Å². The zero-order valence-corrected chi connectivity index (χ0v) is 12.7. The molecule has 0 saturated carbocycles. The highest BCUT2D eigenvalue weighted by molar-refractivity contribution is 5.79. The SMILES string of the molecule is COOc1cc(-c2nc3ccccc3o2)c([N+](=O)[O-])cc1OOC. The number of para-hydroxylation sites is 2. The molecule has 9 nitrogen and oxygen atoms in total. The van der Waals surface area contributed by atoms with Gasteiger partial charge in [0.2, 0.25) is 17.4 Å². The maximum Gasteiger partial charge on any atom is 0.286 e. The second-order valence-corrected chi connectivity index (χ2v) is 4.56. The Morgan fingerprint density at radius 3 is 2.38 bits per heavy atom. The number of hydrogen-bond acceptors (Lipinski definition) is 8. The van der Waals surface area contributed by atoms with Crippen LogP contribution in [0.2, 0.25) is 0 Å². The minimum atomic E-state index is -0.580. The number of hydrogen-bond donors (Lipinski definition) is 0. The van der Waals surface area contributed by atoms with Gasteiger partial charge >= 0.3 is 0 Å². The van der Waals surface area contributed by atoms with Crippen LogP contribution in [0.3, 0.4) is 0 Å². The lowest BCUT2D eigenvalue weighted by atomic mass is 10.1. The van der Waals surface area contributed by atoms with Crippen LogP contribution in [-0.4, -0.2) is 24.1 Å². The highest BCUT2D eigenvalue weighted by atomic mass is 17.2. The molecule has 0 aliphatic rings. The van der Waals surface area contributed by atoms with E-state index in [0.29, 0.717) is 11.1 Å². The van der Waals surface area contributed by atoms with Crippen molar-refractivity contribution in [1.29, 1.82) is 0 Å². The molecule has 24 heavy (non-hydrogen) atoms. The number of fused-ring (bicyclic) bond motifs is 1. The van der Waals surface area contributed by atoms with Crippen molar-refractivity contribution >= 4 is 16.8 Å². The second kappa shape index (κ2) is 6.52. The molecular weight excluding hydrogens is 320 g/mol. The van der Waals surface area contributed by atoms with Crippen molar-refractivity contribution in [1.82, 2.24) is 4.98 Å². The van der Waals surface area contributed by atoms with Crippen LogP contribution in [0.1, 0.15) is 0 Å². The molecule has 0 atom stereocenters. The van der Waals surface area contributed by atoms with E-state index in [2.05, 4.69) is 14.8 Å². The van der Waals surface area contributed by atoms with E-state index in [0.717, 1.165) is 6.07 Å². The predicted octanol–water partition coefficient (Wildman–Crippen LogP) is 3.28. The van der Waals surface area contributed by atoms with E-state index in [4.69, 9.17) is 14.2 Å². The third kappa shape index (κ3) is 2.85. The summed E-state index contributed by atoms with van der Waals surface area (Å²) < 4.78 is 5.59. The van der Waals surface area contributed by atoms with E-state index in [1.165, 1.54) is 20.3 Å². The highest BCUT2D eigenvalue weighted by Crippen LogP contribution is 2.40. The maximum absolute atomic E-state index is 11.4. The molecule has 0 N–H and O–H groups in total. The molecule has 2 aromatic carbocycles. The van der Waals surface area contributed by atoms with Crippen molar-refractivity contribution in [2.24, 2.45) is 0 Å². The number of rotatable bonds is 6. The van der Waals surface area contributed by atoms with Crippen molar-refractivity contribution in [3.8, 4) is 23.0 Å². The van der Waals surface area contributed by atoms with Crippen LogP contribution in [0.5, 0.6) is 11.5 Å². The Morgan fingerprint density at radius 1 is 1.08 bits per heavy atom. The van der Waals surface area contributed by atoms with Gasteiger partial charge in [-0.15, -0.1) is 0 Å². The van der Waals surface area contributed by atoms with E-state index < -0.39 is 4.92 Å². The first-order valence-corrected chi connectivity index (χ1v) is 6.73. The molecule has 0 bridgehead atoms. The van der Waals surface area contributed by atoms with Crippen LogP contribution in [0, 0.1) is 10.1 Å². The maximum atomic E-state index is 11.4. The topological polar surface area (TPSA) is 106 Å². The van der Waals surface area contributed by atoms with Crippen LogP contribution < -0.4 is 9.78 Å². The summed E-state index contributed by atoms with van der Waals surface area (Å²) in [6, 6.07) is 9.50. The Morgan fingerprint density at radius 2 is 1.75 bits per heavy atom. The number of oxazole rings is 1. The lowest BCUT2D eigenvalue weighted by Gasteiger charge is -2.09. The van der Waals surface area contributed by atoms with Crippen molar-refractivity contribution < 1.29 is 28.9 Å². The average Bonchev–Trinajstić information content (AvgIpc) is 3.00. The van der Waals surface area contributed by atoms with Crippen LogP contribution in [0.25, 0.3) is 22.6 Å². The monoisotopic (exact) mass is 332 g/mol. The summed E-state index contributed by atoms with van der Waals surface area (Å²) in [4.78, 5) is 34.1. The van der Waals surface area contributed by atoms with Gasteiger partial charge in [0.05, 0.1) is 25.2 Å². The summed E-state index contributed by atoms with van der Waals surface area (Å²) in [5.74, 6) is 0.126. The van der Waals surface area contributed by atoms with Gasteiger partial charge in [0.15, 0.2) is 5.58 Å². The van der Waals surface area contributed by atoms with Gasteiger partial charge in [0.25, 0.3) is 5.69 Å². The molecule has 0 aliphatic carbocycles. The molecule has 0 unspecified atom stereocenters. The standard InChI is InChI=1S/C15H12N2O7/c1-20-23-13-7-9(11(17(18)19)8-14(13)24-21-2)15-16-10-5-3-4-6-12(10)22-15/h3-8H,1-2H3. The zero-order valence-electron chi connectivity index (χ0n) is 12.7. The van der Waals surface area contributed by atoms with Gasteiger partial charge < -0.3 is 14.2 Å². The molecule has 0 aliphatic heterocycles. The number of nitro benzene ring substituents is 1. The number of nitrogens with zero attached hydrogens (tertiary/aromatic N) is 2. The third-order valence-electron chi connectivity index (χ3n) is 3.13. The normalized spacial score (nSPS) is 10.8. The molecule has 124 valence electrons. The van der Waals surface area contributed by atoms with Crippen LogP contribution in [0.15, 0.2) is 40.8 Å². The molecular formula is C15H12N2O7. The summed E-state index contributed by atoms with van der Waals surface area (Å²) >= 11 is 0. The van der Waals surface area contributed by atoms with Gasteiger partial charge in [-0.2, -0.15) is 9.78 Å². The number of benzene rings is 2. The summed E-state index contributed by atoms with van der Waals surface area (Å²) in [6.07, 6.45) is 0. The van der Waals surface area contributed by atoms with E-state index in [9.17, 15) is 10.1 Å². The molecule has 0 saturated heterocycles. The smallest absolute Gasteiger partial charge is 0.286 e. The van der Waals surface area contributed by atoms with Crippen molar-refractivity contribution in [2.45, 2.75) is 0 Å². The van der Waals surface area contributed by atoms with Crippen LogP contribution in [-0.2, 0) is 9.78 Å². The predicted molar refractivity (Wildman–Crippen MR) is 81.4 cm³/mol. The van der Waals surface area contributed by atoms with Gasteiger partial charge in [-0.25, -0.2) is 4.98 Å². The first kappa shape index (κ1) is 15.7. The molecule has 0 fully saturated rings. The largest absolute Gasteiger partial charge is 0.436 e. The van der Waals surface area contributed by atoms with Crippen LogP contribution in [0.4, 0.5) is 5.69 Å². The fraction of sp³-hybridized carbons (Fsp3) is 0.133. The molecule has 9 heteroatoms. The van der Waals surface area contributed by atoms with Gasteiger partial charge in [-0.05, 0) is 12.1 Å². The molecule has 0 radical (unpaired) electrons. The summed E-state index contributed by atoms with van der Waals surface area (Å²) in [5.41, 5.74) is 0.921. The Balaban J connectivity index is 2.20. The minimum absolute atomic E-state index is 0.0223. The Kier molecular flexibility index (Phi) is 4.27.